The largest absolute Gasteiger partial charge is 0.334 e. The predicted octanol–water partition coefficient (Wildman–Crippen LogP) is 2.86. The second kappa shape index (κ2) is 8.49. The molecule has 10 heteroatoms. The van der Waals surface area contributed by atoms with Crippen LogP contribution in [0.4, 0.5) is 0 Å². The number of carbonyl (C=O) groups excluding carboxylic acids is 1. The summed E-state index contributed by atoms with van der Waals surface area (Å²) in [6.07, 6.45) is 6.31. The van der Waals surface area contributed by atoms with Gasteiger partial charge in [0, 0.05) is 60.3 Å². The lowest BCUT2D eigenvalue weighted by molar-refractivity contribution is 0.0697. The van der Waals surface area contributed by atoms with E-state index in [0.29, 0.717) is 28.3 Å². The molecule has 0 spiro atoms. The summed E-state index contributed by atoms with van der Waals surface area (Å²) in [5, 5.41) is 1.37. The molecule has 2 aliphatic heterocycles. The predicted molar refractivity (Wildman–Crippen MR) is 131 cm³/mol. The number of piperazine rings is 1. The molecule has 0 saturated carbocycles. The van der Waals surface area contributed by atoms with Gasteiger partial charge in [-0.2, -0.15) is 4.31 Å². The molecule has 0 bridgehead atoms. The van der Waals surface area contributed by atoms with E-state index in [2.05, 4.69) is 29.8 Å². The van der Waals surface area contributed by atoms with Gasteiger partial charge in [0.1, 0.15) is 4.21 Å². The standard InChI is InChI=1S/C23H24N4O3S3/c1-4-16-5-6-17-13-21(31-19(17)12-16)33(29,30)27-9-7-26(8-10-27)23(28)22-24-18-11-15(2)25(3)14-20(18)32-22/h1,5-6,12-13,15H,7-11,14H2,2-3H3. The van der Waals surface area contributed by atoms with Crippen LogP contribution in [0.15, 0.2) is 28.5 Å². The topological polar surface area (TPSA) is 73.8 Å². The lowest BCUT2D eigenvalue weighted by Crippen LogP contribution is -2.50. The van der Waals surface area contributed by atoms with Gasteiger partial charge in [0.2, 0.25) is 0 Å². The van der Waals surface area contributed by atoms with Crippen molar-refractivity contribution >= 4 is 48.7 Å². The molecular weight excluding hydrogens is 476 g/mol. The van der Waals surface area contributed by atoms with E-state index >= 15 is 0 Å². The first-order valence-corrected chi connectivity index (χ1v) is 13.8. The highest BCUT2D eigenvalue weighted by Crippen LogP contribution is 2.32. The van der Waals surface area contributed by atoms with Crippen LogP contribution < -0.4 is 0 Å². The molecule has 2 aliphatic rings. The Bertz CT molecular complexity index is 1350. The molecule has 2 aromatic heterocycles. The molecule has 1 saturated heterocycles. The molecule has 33 heavy (non-hydrogen) atoms. The van der Waals surface area contributed by atoms with Crippen molar-refractivity contribution < 1.29 is 13.2 Å². The highest BCUT2D eigenvalue weighted by molar-refractivity contribution is 7.91. The zero-order valence-corrected chi connectivity index (χ0v) is 20.9. The van der Waals surface area contributed by atoms with Gasteiger partial charge in [-0.25, -0.2) is 13.4 Å². The fourth-order valence-electron chi connectivity index (χ4n) is 4.19. The van der Waals surface area contributed by atoms with Crippen LogP contribution in [0.25, 0.3) is 10.1 Å². The van der Waals surface area contributed by atoms with E-state index in [0.717, 1.165) is 39.2 Å². The Morgan fingerprint density at radius 3 is 2.67 bits per heavy atom. The molecule has 1 aromatic carbocycles. The molecule has 1 fully saturated rings. The number of fused-ring (bicyclic) bond motifs is 2. The van der Waals surface area contributed by atoms with Gasteiger partial charge in [-0.1, -0.05) is 12.0 Å². The van der Waals surface area contributed by atoms with Gasteiger partial charge >= 0.3 is 0 Å². The van der Waals surface area contributed by atoms with Gasteiger partial charge in [-0.05, 0) is 37.6 Å². The third kappa shape index (κ3) is 4.09. The summed E-state index contributed by atoms with van der Waals surface area (Å²) < 4.78 is 29.1. The summed E-state index contributed by atoms with van der Waals surface area (Å²) in [6, 6.07) is 7.60. The van der Waals surface area contributed by atoms with E-state index in [1.807, 2.05) is 18.2 Å². The fourth-order valence-corrected chi connectivity index (χ4v) is 8.33. The number of hydrogen-bond donors (Lipinski definition) is 0. The Morgan fingerprint density at radius 1 is 1.18 bits per heavy atom. The van der Waals surface area contributed by atoms with Crippen molar-refractivity contribution in [2.75, 3.05) is 33.2 Å². The zero-order chi connectivity index (χ0) is 23.3. The highest BCUT2D eigenvalue weighted by Gasteiger charge is 2.33. The number of nitrogens with zero attached hydrogens (tertiary/aromatic N) is 4. The van der Waals surface area contributed by atoms with Gasteiger partial charge in [0.15, 0.2) is 5.01 Å². The number of likely N-dealkylation sites (N-methyl/N-ethyl adjacent to an activating group) is 1. The molecule has 1 atom stereocenters. The van der Waals surface area contributed by atoms with Crippen LogP contribution in [0.1, 0.15) is 32.9 Å². The molecule has 1 unspecified atom stereocenters. The fraction of sp³-hybridized carbons (Fsp3) is 0.391. The zero-order valence-electron chi connectivity index (χ0n) is 18.4. The van der Waals surface area contributed by atoms with E-state index in [1.54, 1.807) is 11.0 Å². The molecule has 0 aliphatic carbocycles. The molecule has 0 radical (unpaired) electrons. The average Bonchev–Trinajstić information content (AvgIpc) is 3.43. The third-order valence-electron chi connectivity index (χ3n) is 6.38. The second-order valence-corrected chi connectivity index (χ2v) is 12.8. The van der Waals surface area contributed by atoms with Crippen LogP contribution in [0.3, 0.4) is 0 Å². The molecule has 3 aromatic rings. The lowest BCUT2D eigenvalue weighted by atomic mass is 10.1. The maximum atomic E-state index is 13.2. The smallest absolute Gasteiger partial charge is 0.282 e. The Kier molecular flexibility index (Phi) is 5.79. The normalized spacial score (nSPS) is 20.0. The summed E-state index contributed by atoms with van der Waals surface area (Å²) in [4.78, 5) is 22.8. The van der Waals surface area contributed by atoms with Crippen molar-refractivity contribution in [2.45, 2.75) is 30.1 Å². The second-order valence-electron chi connectivity index (χ2n) is 8.52. The summed E-state index contributed by atoms with van der Waals surface area (Å²) >= 11 is 2.69. The summed E-state index contributed by atoms with van der Waals surface area (Å²) in [5.74, 6) is 2.48. The van der Waals surface area contributed by atoms with Crippen LogP contribution in [-0.4, -0.2) is 72.7 Å². The maximum Gasteiger partial charge on any atom is 0.282 e. The van der Waals surface area contributed by atoms with Crippen molar-refractivity contribution in [3.8, 4) is 12.3 Å². The van der Waals surface area contributed by atoms with Crippen molar-refractivity contribution in [2.24, 2.45) is 0 Å². The van der Waals surface area contributed by atoms with Crippen LogP contribution in [0.2, 0.25) is 0 Å². The Balaban J connectivity index is 1.28. The summed E-state index contributed by atoms with van der Waals surface area (Å²) in [6.45, 7) is 4.21. The van der Waals surface area contributed by atoms with Gasteiger partial charge < -0.3 is 4.90 Å². The first-order valence-electron chi connectivity index (χ1n) is 10.7. The van der Waals surface area contributed by atoms with Crippen LogP contribution in [0, 0.1) is 12.3 Å². The number of benzene rings is 1. The van der Waals surface area contributed by atoms with Gasteiger partial charge in [0.25, 0.3) is 15.9 Å². The molecule has 172 valence electrons. The minimum absolute atomic E-state index is 0.106. The number of aromatic nitrogens is 1. The minimum atomic E-state index is -3.63. The summed E-state index contributed by atoms with van der Waals surface area (Å²) in [5.41, 5.74) is 1.75. The van der Waals surface area contributed by atoms with Crippen LogP contribution >= 0.6 is 22.7 Å². The first kappa shape index (κ1) is 22.5. The highest BCUT2D eigenvalue weighted by atomic mass is 32.2. The van der Waals surface area contributed by atoms with Crippen molar-refractivity contribution in [3.63, 3.8) is 0 Å². The van der Waals surface area contributed by atoms with Gasteiger partial charge in [0.05, 0.1) is 5.69 Å². The monoisotopic (exact) mass is 500 g/mol. The van der Waals surface area contributed by atoms with E-state index in [9.17, 15) is 13.2 Å². The van der Waals surface area contributed by atoms with Gasteiger partial charge in [-0.15, -0.1) is 29.1 Å². The van der Waals surface area contributed by atoms with Crippen molar-refractivity contribution in [3.05, 3.63) is 45.4 Å². The molecular formula is C23H24N4O3S3. The van der Waals surface area contributed by atoms with E-state index in [-0.39, 0.29) is 19.0 Å². The number of rotatable bonds is 3. The van der Waals surface area contributed by atoms with Crippen LogP contribution in [0.5, 0.6) is 0 Å². The molecule has 1 amide bonds. The quantitative estimate of drug-likeness (QED) is 0.517. The van der Waals surface area contributed by atoms with E-state index < -0.39 is 10.0 Å². The number of thiazole rings is 1. The molecule has 4 heterocycles. The van der Waals surface area contributed by atoms with Gasteiger partial charge in [-0.3, -0.25) is 9.69 Å². The first-order chi connectivity index (χ1) is 15.8. The number of sulfonamides is 1. The Morgan fingerprint density at radius 2 is 1.94 bits per heavy atom. The van der Waals surface area contributed by atoms with Crippen LogP contribution in [-0.2, 0) is 23.0 Å². The minimum Gasteiger partial charge on any atom is -0.334 e. The lowest BCUT2D eigenvalue weighted by Gasteiger charge is -2.33. The van der Waals surface area contributed by atoms with Crippen molar-refractivity contribution in [1.29, 1.82) is 0 Å². The SMILES string of the molecule is C#Cc1ccc2cc(S(=O)(=O)N3CCN(C(=O)c4nc5c(s4)CN(C)C(C)C5)CC3)sc2c1. The van der Waals surface area contributed by atoms with E-state index in [1.165, 1.54) is 27.0 Å². The van der Waals surface area contributed by atoms with Crippen molar-refractivity contribution in [1.82, 2.24) is 19.1 Å². The van der Waals surface area contributed by atoms with E-state index in [4.69, 9.17) is 6.42 Å². The number of terminal acetylenes is 1. The number of carbonyl (C=O) groups is 1. The average molecular weight is 501 g/mol. The summed E-state index contributed by atoms with van der Waals surface area (Å²) in [7, 11) is -1.55. The number of amides is 1. The molecule has 5 rings (SSSR count). The molecule has 7 nitrogen and oxygen atoms in total. The maximum absolute atomic E-state index is 13.2. The third-order valence-corrected chi connectivity index (χ3v) is 10.9. The molecule has 0 N–H and O–H groups in total. The number of thiophene rings is 1. The Labute approximate surface area is 201 Å². The number of hydrogen-bond acceptors (Lipinski definition) is 7. The Hall–Kier alpha value is -2.29.